The molecule has 1 aromatic heterocycles. The van der Waals surface area contributed by atoms with Gasteiger partial charge in [0.15, 0.2) is 5.82 Å². The van der Waals surface area contributed by atoms with Gasteiger partial charge in [-0.3, -0.25) is 9.89 Å². The average molecular weight is 379 g/mol. The van der Waals surface area contributed by atoms with Crippen LogP contribution in [0.4, 0.5) is 5.69 Å². The van der Waals surface area contributed by atoms with Crippen LogP contribution >= 0.6 is 0 Å². The van der Waals surface area contributed by atoms with Crippen molar-refractivity contribution in [2.45, 2.75) is 32.7 Å². The minimum Gasteiger partial charge on any atom is -0.493 e. The van der Waals surface area contributed by atoms with Crippen LogP contribution in [-0.4, -0.2) is 33.7 Å². The summed E-state index contributed by atoms with van der Waals surface area (Å²) in [6, 6.07) is 15.3. The van der Waals surface area contributed by atoms with E-state index < -0.39 is 5.91 Å². The van der Waals surface area contributed by atoms with Crippen LogP contribution in [0.3, 0.4) is 0 Å². The summed E-state index contributed by atoms with van der Waals surface area (Å²) in [7, 11) is 0. The Kier molecular flexibility index (Phi) is 6.26. The summed E-state index contributed by atoms with van der Waals surface area (Å²) in [6.07, 6.45) is 1.77. The van der Waals surface area contributed by atoms with E-state index in [9.17, 15) is 4.79 Å². The van der Waals surface area contributed by atoms with Crippen LogP contribution in [0.1, 0.15) is 35.9 Å². The fraction of sp³-hybridized carbons (Fsp3) is 0.286. The molecule has 0 aliphatic rings. The summed E-state index contributed by atoms with van der Waals surface area (Å²) in [5, 5.41) is 10.6. The van der Waals surface area contributed by atoms with Crippen molar-refractivity contribution < 1.29 is 9.53 Å². The van der Waals surface area contributed by atoms with Gasteiger partial charge in [-0.15, -0.1) is 0 Å². The smallest absolute Gasteiger partial charge is 0.252 e. The lowest BCUT2D eigenvalue weighted by Crippen LogP contribution is -2.17. The van der Waals surface area contributed by atoms with Crippen LogP contribution in [-0.2, 0) is 0 Å². The van der Waals surface area contributed by atoms with Crippen LogP contribution < -0.4 is 15.8 Å². The number of para-hydroxylation sites is 1. The van der Waals surface area contributed by atoms with Crippen LogP contribution in [0.25, 0.3) is 11.4 Å². The number of nitrogens with two attached hydrogens (primary N) is 1. The number of nitrogens with one attached hydrogen (secondary N) is 2. The van der Waals surface area contributed by atoms with Gasteiger partial charge >= 0.3 is 0 Å². The number of rotatable bonds is 9. The number of carbonyl (C=O) groups is 1. The summed E-state index contributed by atoms with van der Waals surface area (Å²) >= 11 is 0. The first-order valence-corrected chi connectivity index (χ1v) is 9.30. The van der Waals surface area contributed by atoms with E-state index in [-0.39, 0.29) is 6.04 Å². The number of aryl methyl sites for hydroxylation is 1. The van der Waals surface area contributed by atoms with E-state index in [1.807, 2.05) is 37.3 Å². The summed E-state index contributed by atoms with van der Waals surface area (Å²) in [5.74, 6) is 1.53. The van der Waals surface area contributed by atoms with Gasteiger partial charge in [0, 0.05) is 17.3 Å². The van der Waals surface area contributed by atoms with Crippen molar-refractivity contribution in [1.29, 1.82) is 0 Å². The van der Waals surface area contributed by atoms with Crippen LogP contribution in [0, 0.1) is 6.92 Å². The molecule has 0 aliphatic heterocycles. The number of amides is 1. The summed E-state index contributed by atoms with van der Waals surface area (Å²) in [6.45, 7) is 4.53. The highest BCUT2D eigenvalue weighted by atomic mass is 16.5. The van der Waals surface area contributed by atoms with Gasteiger partial charge in [-0.1, -0.05) is 24.3 Å². The zero-order valence-corrected chi connectivity index (χ0v) is 16.1. The van der Waals surface area contributed by atoms with Crippen molar-refractivity contribution in [2.24, 2.45) is 5.73 Å². The monoisotopic (exact) mass is 379 g/mol. The quantitative estimate of drug-likeness (QED) is 0.493. The molecular weight excluding hydrogens is 354 g/mol. The molecule has 28 heavy (non-hydrogen) atoms. The Morgan fingerprint density at radius 3 is 2.82 bits per heavy atom. The molecule has 0 saturated heterocycles. The molecule has 7 nitrogen and oxygen atoms in total. The van der Waals surface area contributed by atoms with E-state index in [2.05, 4.69) is 27.4 Å². The van der Waals surface area contributed by atoms with Crippen molar-refractivity contribution in [3.05, 3.63) is 59.9 Å². The van der Waals surface area contributed by atoms with E-state index in [0.717, 1.165) is 29.9 Å². The Bertz CT molecular complexity index is 938. The third kappa shape index (κ3) is 5.09. The maximum Gasteiger partial charge on any atom is 0.252 e. The summed E-state index contributed by atoms with van der Waals surface area (Å²) < 4.78 is 5.73. The Morgan fingerprint density at radius 2 is 2.07 bits per heavy atom. The normalized spacial score (nSPS) is 11.8. The zero-order valence-electron chi connectivity index (χ0n) is 16.1. The van der Waals surface area contributed by atoms with Gasteiger partial charge in [0.2, 0.25) is 0 Å². The molecular formula is C21H25N5O2. The second-order valence-corrected chi connectivity index (χ2v) is 6.72. The van der Waals surface area contributed by atoms with Crippen molar-refractivity contribution in [3.63, 3.8) is 0 Å². The molecule has 2 aromatic carbocycles. The summed E-state index contributed by atoms with van der Waals surface area (Å²) in [5.41, 5.74) is 7.77. The zero-order chi connectivity index (χ0) is 19.9. The number of carbonyl (C=O) groups excluding carboxylic acids is 1. The number of aromatic amines is 1. The highest BCUT2D eigenvalue weighted by molar-refractivity contribution is 5.95. The van der Waals surface area contributed by atoms with Crippen LogP contribution in [0.15, 0.2) is 48.5 Å². The van der Waals surface area contributed by atoms with E-state index in [1.165, 1.54) is 0 Å². The number of anilines is 1. The number of benzene rings is 2. The molecule has 1 heterocycles. The molecule has 1 unspecified atom stereocenters. The Hall–Kier alpha value is -3.35. The third-order valence-electron chi connectivity index (χ3n) is 4.32. The molecule has 0 spiro atoms. The van der Waals surface area contributed by atoms with Gasteiger partial charge in [0.1, 0.15) is 11.6 Å². The predicted octanol–water partition coefficient (Wildman–Crippen LogP) is 3.54. The van der Waals surface area contributed by atoms with E-state index in [1.54, 1.807) is 18.2 Å². The van der Waals surface area contributed by atoms with Crippen molar-refractivity contribution >= 4 is 11.6 Å². The minimum atomic E-state index is -0.480. The molecule has 0 radical (unpaired) electrons. The molecule has 0 saturated carbocycles. The van der Waals surface area contributed by atoms with Gasteiger partial charge in [0.25, 0.3) is 5.91 Å². The molecule has 3 aromatic rings. The van der Waals surface area contributed by atoms with Crippen LogP contribution in [0.5, 0.6) is 5.75 Å². The lowest BCUT2D eigenvalue weighted by Gasteiger charge is -2.16. The van der Waals surface area contributed by atoms with Crippen molar-refractivity contribution in [1.82, 2.24) is 15.2 Å². The lowest BCUT2D eigenvalue weighted by atomic mass is 10.1. The first kappa shape index (κ1) is 19.4. The third-order valence-corrected chi connectivity index (χ3v) is 4.32. The van der Waals surface area contributed by atoms with Crippen LogP contribution in [0.2, 0.25) is 0 Å². The number of aromatic nitrogens is 3. The number of H-pyrrole nitrogens is 1. The van der Waals surface area contributed by atoms with Gasteiger partial charge in [-0.25, -0.2) is 4.98 Å². The lowest BCUT2D eigenvalue weighted by molar-refractivity contribution is 0.0996. The highest BCUT2D eigenvalue weighted by Gasteiger charge is 2.09. The second kappa shape index (κ2) is 9.03. The molecule has 4 N–H and O–H groups in total. The SMILES string of the molecule is Cc1nc(-c2cccc(NC(C)CCCOc3ccccc3C(N)=O)c2)n[nH]1. The molecule has 7 heteroatoms. The molecule has 0 fully saturated rings. The first-order valence-electron chi connectivity index (χ1n) is 9.30. The fourth-order valence-corrected chi connectivity index (χ4v) is 2.94. The van der Waals surface area contributed by atoms with Crippen molar-refractivity contribution in [2.75, 3.05) is 11.9 Å². The highest BCUT2D eigenvalue weighted by Crippen LogP contribution is 2.21. The fourth-order valence-electron chi connectivity index (χ4n) is 2.94. The number of primary amides is 1. The maximum atomic E-state index is 11.4. The van der Waals surface area contributed by atoms with E-state index >= 15 is 0 Å². The van der Waals surface area contributed by atoms with Crippen molar-refractivity contribution in [3.8, 4) is 17.1 Å². The Balaban J connectivity index is 1.49. The number of hydrogen-bond acceptors (Lipinski definition) is 5. The Morgan fingerprint density at radius 1 is 1.25 bits per heavy atom. The topological polar surface area (TPSA) is 106 Å². The first-order chi connectivity index (χ1) is 13.5. The number of nitrogens with zero attached hydrogens (tertiary/aromatic N) is 2. The van der Waals surface area contributed by atoms with Gasteiger partial charge < -0.3 is 15.8 Å². The molecule has 0 bridgehead atoms. The number of hydrogen-bond donors (Lipinski definition) is 3. The largest absolute Gasteiger partial charge is 0.493 e. The molecule has 1 atom stereocenters. The average Bonchev–Trinajstić information content (AvgIpc) is 3.12. The standard InChI is InChI=1S/C21H25N5O2/c1-14(7-6-12-28-19-11-4-3-10-18(19)20(22)27)23-17-9-5-8-16(13-17)21-24-15(2)25-26-21/h3-5,8-11,13-14,23H,6-7,12H2,1-2H3,(H2,22,27)(H,24,25,26). The minimum absolute atomic E-state index is 0.263. The van der Waals surface area contributed by atoms with E-state index in [0.29, 0.717) is 23.7 Å². The van der Waals surface area contributed by atoms with Gasteiger partial charge in [-0.05, 0) is 51.0 Å². The molecule has 0 aliphatic carbocycles. The maximum absolute atomic E-state index is 11.4. The molecule has 1 amide bonds. The Labute approximate surface area is 164 Å². The van der Waals surface area contributed by atoms with Gasteiger partial charge in [-0.2, -0.15) is 5.10 Å². The van der Waals surface area contributed by atoms with Gasteiger partial charge in [0.05, 0.1) is 12.2 Å². The molecule has 3 rings (SSSR count). The summed E-state index contributed by atoms with van der Waals surface area (Å²) in [4.78, 5) is 15.8. The predicted molar refractivity (Wildman–Crippen MR) is 109 cm³/mol. The molecule has 146 valence electrons. The second-order valence-electron chi connectivity index (χ2n) is 6.72. The number of ether oxygens (including phenoxy) is 1. The van der Waals surface area contributed by atoms with E-state index in [4.69, 9.17) is 10.5 Å².